The summed E-state index contributed by atoms with van der Waals surface area (Å²) in [6.07, 6.45) is 3.42. The first-order valence-electron chi connectivity index (χ1n) is 10.1. The van der Waals surface area contributed by atoms with Crippen LogP contribution in [-0.2, 0) is 20.0 Å². The van der Waals surface area contributed by atoms with Crippen LogP contribution in [0.15, 0.2) is 71.9 Å². The highest BCUT2D eigenvalue weighted by atomic mass is 32.2. The smallest absolute Gasteiger partial charge is 0.261 e. The molecular weight excluding hydrogens is 464 g/mol. The number of nitrogens with one attached hydrogen (secondary N) is 3. The average molecular weight is 489 g/mol. The van der Waals surface area contributed by atoms with Crippen molar-refractivity contribution in [1.29, 1.82) is 0 Å². The van der Waals surface area contributed by atoms with Gasteiger partial charge in [0.1, 0.15) is 0 Å². The SMILES string of the molecule is CCCS(=O)(=O)Nc1cccc(NC(=O)c2ccc(S(=O)(=O)Nc3ccncc3)cc2)c1C. The van der Waals surface area contributed by atoms with Crippen LogP contribution in [0.25, 0.3) is 0 Å². The van der Waals surface area contributed by atoms with E-state index < -0.39 is 26.0 Å². The number of hydrogen-bond acceptors (Lipinski definition) is 6. The highest BCUT2D eigenvalue weighted by Crippen LogP contribution is 2.25. The van der Waals surface area contributed by atoms with Crippen LogP contribution in [0.4, 0.5) is 17.1 Å². The van der Waals surface area contributed by atoms with Gasteiger partial charge >= 0.3 is 0 Å². The van der Waals surface area contributed by atoms with E-state index in [1.165, 1.54) is 48.8 Å². The summed E-state index contributed by atoms with van der Waals surface area (Å²) in [7, 11) is -7.30. The Balaban J connectivity index is 1.74. The van der Waals surface area contributed by atoms with Crippen molar-refractivity contribution in [3.05, 3.63) is 78.1 Å². The van der Waals surface area contributed by atoms with Gasteiger partial charge in [-0.2, -0.15) is 0 Å². The van der Waals surface area contributed by atoms with E-state index in [2.05, 4.69) is 19.7 Å². The molecule has 11 heteroatoms. The summed E-state index contributed by atoms with van der Waals surface area (Å²) in [5, 5.41) is 2.74. The van der Waals surface area contributed by atoms with Gasteiger partial charge in [-0.3, -0.25) is 19.2 Å². The quantitative estimate of drug-likeness (QED) is 0.421. The number of amides is 1. The summed E-state index contributed by atoms with van der Waals surface area (Å²) >= 11 is 0. The number of nitrogens with zero attached hydrogens (tertiary/aromatic N) is 1. The van der Waals surface area contributed by atoms with E-state index in [4.69, 9.17) is 0 Å². The Morgan fingerprint density at radius 3 is 2.15 bits per heavy atom. The fourth-order valence-electron chi connectivity index (χ4n) is 2.98. The van der Waals surface area contributed by atoms with Crippen LogP contribution in [0.3, 0.4) is 0 Å². The van der Waals surface area contributed by atoms with Crippen molar-refractivity contribution >= 4 is 43.0 Å². The Morgan fingerprint density at radius 1 is 0.879 bits per heavy atom. The van der Waals surface area contributed by atoms with Gasteiger partial charge in [-0.15, -0.1) is 0 Å². The Labute approximate surface area is 193 Å². The lowest BCUT2D eigenvalue weighted by atomic mass is 10.1. The van der Waals surface area contributed by atoms with Crippen molar-refractivity contribution in [3.8, 4) is 0 Å². The van der Waals surface area contributed by atoms with Crippen molar-refractivity contribution < 1.29 is 21.6 Å². The van der Waals surface area contributed by atoms with Gasteiger partial charge in [0.2, 0.25) is 10.0 Å². The normalized spacial score (nSPS) is 11.6. The third-order valence-electron chi connectivity index (χ3n) is 4.68. The number of carbonyl (C=O) groups excluding carboxylic acids is 1. The average Bonchev–Trinajstić information content (AvgIpc) is 2.77. The van der Waals surface area contributed by atoms with Crippen LogP contribution in [0, 0.1) is 6.92 Å². The van der Waals surface area contributed by atoms with Crippen molar-refractivity contribution in [1.82, 2.24) is 4.98 Å². The second-order valence-electron chi connectivity index (χ2n) is 7.22. The van der Waals surface area contributed by atoms with Crippen molar-refractivity contribution in [2.75, 3.05) is 20.5 Å². The Bertz CT molecular complexity index is 1340. The molecule has 0 aliphatic carbocycles. The number of rotatable bonds is 9. The molecule has 3 aromatic rings. The summed E-state index contributed by atoms with van der Waals surface area (Å²) in [4.78, 5) is 16.5. The second kappa shape index (κ2) is 10.0. The van der Waals surface area contributed by atoms with Crippen LogP contribution in [0.5, 0.6) is 0 Å². The first-order chi connectivity index (χ1) is 15.6. The maximum atomic E-state index is 12.7. The number of anilines is 3. The van der Waals surface area contributed by atoms with Crippen LogP contribution in [-0.4, -0.2) is 33.5 Å². The van der Waals surface area contributed by atoms with Crippen LogP contribution in [0.2, 0.25) is 0 Å². The first kappa shape index (κ1) is 24.2. The highest BCUT2D eigenvalue weighted by Gasteiger charge is 2.17. The Kier molecular flexibility index (Phi) is 7.34. The summed E-state index contributed by atoms with van der Waals surface area (Å²) < 4.78 is 54.2. The lowest BCUT2D eigenvalue weighted by Crippen LogP contribution is -2.18. The zero-order chi connectivity index (χ0) is 24.1. The number of hydrogen-bond donors (Lipinski definition) is 3. The third kappa shape index (κ3) is 6.30. The predicted molar refractivity (Wildman–Crippen MR) is 128 cm³/mol. The third-order valence-corrected chi connectivity index (χ3v) is 7.55. The van der Waals surface area contributed by atoms with Gasteiger partial charge in [0.25, 0.3) is 15.9 Å². The van der Waals surface area contributed by atoms with Crippen LogP contribution >= 0.6 is 0 Å². The van der Waals surface area contributed by atoms with Gasteiger partial charge in [-0.1, -0.05) is 13.0 Å². The van der Waals surface area contributed by atoms with Gasteiger partial charge in [0, 0.05) is 23.6 Å². The number of benzene rings is 2. The van der Waals surface area contributed by atoms with Gasteiger partial charge < -0.3 is 5.32 Å². The summed E-state index contributed by atoms with van der Waals surface area (Å²) in [5.74, 6) is -0.466. The maximum Gasteiger partial charge on any atom is 0.261 e. The molecule has 2 aromatic carbocycles. The van der Waals surface area contributed by atoms with Crippen molar-refractivity contribution in [3.63, 3.8) is 0 Å². The minimum Gasteiger partial charge on any atom is -0.322 e. The molecule has 174 valence electrons. The monoisotopic (exact) mass is 488 g/mol. The lowest BCUT2D eigenvalue weighted by Gasteiger charge is -2.14. The molecule has 0 radical (unpaired) electrons. The molecule has 0 spiro atoms. The zero-order valence-corrected chi connectivity index (χ0v) is 19.7. The molecule has 33 heavy (non-hydrogen) atoms. The molecule has 1 amide bonds. The molecule has 3 rings (SSSR count). The standard InChI is InChI=1S/C22H24N4O5S2/c1-3-15-32(28,29)26-21-6-4-5-20(16(21)2)24-22(27)17-7-9-19(10-8-17)33(30,31)25-18-11-13-23-14-12-18/h4-14,26H,3,15H2,1-2H3,(H,23,25)(H,24,27). The molecule has 0 bridgehead atoms. The van der Waals surface area contributed by atoms with E-state index in [1.54, 1.807) is 32.0 Å². The fraction of sp³-hybridized carbons (Fsp3) is 0.182. The topological polar surface area (TPSA) is 134 Å². The minimum absolute atomic E-state index is 0.000582. The van der Waals surface area contributed by atoms with Gasteiger partial charge in [-0.05, 0) is 67.4 Å². The molecule has 0 unspecified atom stereocenters. The zero-order valence-electron chi connectivity index (χ0n) is 18.1. The maximum absolute atomic E-state index is 12.7. The number of pyridine rings is 1. The molecular formula is C22H24N4O5S2. The van der Waals surface area contributed by atoms with Crippen LogP contribution in [0.1, 0.15) is 29.3 Å². The Morgan fingerprint density at radius 2 is 1.52 bits per heavy atom. The molecule has 1 heterocycles. The molecule has 0 saturated heterocycles. The van der Waals surface area contributed by atoms with E-state index in [9.17, 15) is 21.6 Å². The molecule has 0 fully saturated rings. The number of aromatic nitrogens is 1. The molecule has 9 nitrogen and oxygen atoms in total. The number of sulfonamides is 2. The summed E-state index contributed by atoms with van der Waals surface area (Å²) in [5.41, 5.74) is 2.00. The Hall–Kier alpha value is -3.44. The van der Waals surface area contributed by atoms with Crippen LogP contribution < -0.4 is 14.8 Å². The fourth-order valence-corrected chi connectivity index (χ4v) is 5.24. The second-order valence-corrected chi connectivity index (χ2v) is 10.7. The predicted octanol–water partition coefficient (Wildman–Crippen LogP) is 3.59. The first-order valence-corrected chi connectivity index (χ1v) is 13.2. The largest absolute Gasteiger partial charge is 0.322 e. The number of carbonyl (C=O) groups is 1. The van der Waals surface area contributed by atoms with Gasteiger partial charge in [0.15, 0.2) is 0 Å². The molecule has 0 atom stereocenters. The van der Waals surface area contributed by atoms with E-state index in [0.29, 0.717) is 29.0 Å². The molecule has 0 aliphatic rings. The summed E-state index contributed by atoms with van der Waals surface area (Å²) in [6.45, 7) is 3.47. The van der Waals surface area contributed by atoms with E-state index in [-0.39, 0.29) is 16.2 Å². The van der Waals surface area contributed by atoms with Gasteiger partial charge in [0.05, 0.1) is 22.0 Å². The van der Waals surface area contributed by atoms with Gasteiger partial charge in [-0.25, -0.2) is 16.8 Å². The highest BCUT2D eigenvalue weighted by molar-refractivity contribution is 7.93. The van der Waals surface area contributed by atoms with E-state index in [0.717, 1.165) is 0 Å². The van der Waals surface area contributed by atoms with E-state index >= 15 is 0 Å². The molecule has 0 aliphatic heterocycles. The minimum atomic E-state index is -3.82. The van der Waals surface area contributed by atoms with Crippen molar-refractivity contribution in [2.45, 2.75) is 25.2 Å². The molecule has 1 aromatic heterocycles. The lowest BCUT2D eigenvalue weighted by molar-refractivity contribution is 0.102. The van der Waals surface area contributed by atoms with E-state index in [1.807, 2.05) is 0 Å². The molecule has 0 saturated carbocycles. The molecule has 3 N–H and O–H groups in total. The van der Waals surface area contributed by atoms with Crippen molar-refractivity contribution in [2.24, 2.45) is 0 Å². The summed E-state index contributed by atoms with van der Waals surface area (Å²) in [6, 6.07) is 13.4.